The molecule has 21 heavy (non-hydrogen) atoms. The van der Waals surface area contributed by atoms with Gasteiger partial charge in [0.1, 0.15) is 5.82 Å². The highest BCUT2D eigenvalue weighted by Crippen LogP contribution is 2.36. The quantitative estimate of drug-likeness (QED) is 0.708. The molecule has 1 aliphatic rings. The van der Waals surface area contributed by atoms with Gasteiger partial charge in [-0.05, 0) is 30.4 Å². The highest BCUT2D eigenvalue weighted by molar-refractivity contribution is 5.75. The third-order valence-corrected chi connectivity index (χ3v) is 4.24. The Morgan fingerprint density at radius 2 is 1.90 bits per heavy atom. The number of rotatable bonds is 1. The lowest BCUT2D eigenvalue weighted by Crippen LogP contribution is -2.12. The number of hydrogen-bond donors (Lipinski definition) is 1. The second kappa shape index (κ2) is 4.65. The van der Waals surface area contributed by atoms with Gasteiger partial charge >= 0.3 is 0 Å². The highest BCUT2D eigenvalue weighted by Gasteiger charge is 2.24. The molecule has 106 valence electrons. The topological polar surface area (TPSA) is 28.7 Å². The van der Waals surface area contributed by atoms with E-state index in [1.807, 2.05) is 12.1 Å². The molecule has 1 unspecified atom stereocenters. The van der Waals surface area contributed by atoms with Crippen molar-refractivity contribution in [3.8, 4) is 0 Å². The monoisotopic (exact) mass is 284 g/mol. The largest absolute Gasteiger partial charge is 0.341 e. The summed E-state index contributed by atoms with van der Waals surface area (Å²) in [5.74, 6) is -0.734. The van der Waals surface area contributed by atoms with Crippen LogP contribution in [0.25, 0.3) is 11.0 Å². The number of fused-ring (bicyclic) bond motifs is 2. The Morgan fingerprint density at radius 3 is 2.81 bits per heavy atom. The van der Waals surface area contributed by atoms with Gasteiger partial charge in [-0.3, -0.25) is 0 Å². The van der Waals surface area contributed by atoms with Crippen molar-refractivity contribution in [3.63, 3.8) is 0 Å². The third-order valence-electron chi connectivity index (χ3n) is 4.24. The molecule has 0 saturated heterocycles. The van der Waals surface area contributed by atoms with Crippen molar-refractivity contribution in [1.82, 2.24) is 9.97 Å². The molecular weight excluding hydrogens is 270 g/mol. The Kier molecular flexibility index (Phi) is 2.77. The number of nitrogens with one attached hydrogen (secondary N) is 1. The van der Waals surface area contributed by atoms with Gasteiger partial charge in [0.05, 0.1) is 11.0 Å². The van der Waals surface area contributed by atoms with Gasteiger partial charge in [-0.25, -0.2) is 13.8 Å². The number of aromatic amines is 1. The van der Waals surface area contributed by atoms with Crippen LogP contribution in [0.3, 0.4) is 0 Å². The lowest BCUT2D eigenvalue weighted by atomic mass is 9.82. The molecule has 0 spiro atoms. The van der Waals surface area contributed by atoms with E-state index < -0.39 is 11.6 Å². The summed E-state index contributed by atoms with van der Waals surface area (Å²) in [5, 5.41) is 0. The maximum atomic E-state index is 13.3. The van der Waals surface area contributed by atoms with Crippen LogP contribution in [-0.4, -0.2) is 9.97 Å². The molecule has 1 heterocycles. The minimum atomic E-state index is -0.857. The summed E-state index contributed by atoms with van der Waals surface area (Å²) in [7, 11) is 0. The Labute approximate surface area is 120 Å². The second-order valence-corrected chi connectivity index (χ2v) is 5.55. The molecule has 0 bridgehead atoms. The molecule has 1 aliphatic carbocycles. The molecule has 0 radical (unpaired) electrons. The fourth-order valence-corrected chi connectivity index (χ4v) is 3.23. The summed E-state index contributed by atoms with van der Waals surface area (Å²) in [5.41, 5.74) is 3.63. The van der Waals surface area contributed by atoms with E-state index in [0.29, 0.717) is 11.0 Å². The molecule has 0 fully saturated rings. The van der Waals surface area contributed by atoms with Gasteiger partial charge in [0, 0.05) is 18.1 Å². The fraction of sp³-hybridized carbons (Fsp3) is 0.235. The van der Waals surface area contributed by atoms with Gasteiger partial charge in [0.25, 0.3) is 0 Å². The van der Waals surface area contributed by atoms with Crippen LogP contribution in [-0.2, 0) is 6.42 Å². The average molecular weight is 284 g/mol. The van der Waals surface area contributed by atoms with Crippen LogP contribution in [0.4, 0.5) is 8.78 Å². The number of aryl methyl sites for hydroxylation is 1. The van der Waals surface area contributed by atoms with E-state index in [4.69, 9.17) is 0 Å². The lowest BCUT2D eigenvalue weighted by molar-refractivity contribution is 0.510. The van der Waals surface area contributed by atoms with Crippen molar-refractivity contribution in [2.24, 2.45) is 0 Å². The third kappa shape index (κ3) is 2.02. The zero-order valence-electron chi connectivity index (χ0n) is 11.4. The molecule has 0 saturated carbocycles. The summed E-state index contributed by atoms with van der Waals surface area (Å²) in [6, 6.07) is 10.7. The van der Waals surface area contributed by atoms with E-state index in [2.05, 4.69) is 22.1 Å². The van der Waals surface area contributed by atoms with Gasteiger partial charge in [0.15, 0.2) is 11.6 Å². The van der Waals surface area contributed by atoms with Gasteiger partial charge in [-0.1, -0.05) is 24.3 Å². The molecule has 3 aromatic rings. The van der Waals surface area contributed by atoms with Gasteiger partial charge in [-0.15, -0.1) is 0 Å². The van der Waals surface area contributed by atoms with Gasteiger partial charge in [-0.2, -0.15) is 0 Å². The minimum absolute atomic E-state index is 0.175. The van der Waals surface area contributed by atoms with Crippen molar-refractivity contribution in [2.75, 3.05) is 0 Å². The summed E-state index contributed by atoms with van der Waals surface area (Å²) < 4.78 is 26.6. The maximum Gasteiger partial charge on any atom is 0.161 e. The van der Waals surface area contributed by atoms with Crippen molar-refractivity contribution in [1.29, 1.82) is 0 Å². The summed E-state index contributed by atoms with van der Waals surface area (Å²) in [6.07, 6.45) is 3.18. The Morgan fingerprint density at radius 1 is 1.10 bits per heavy atom. The number of H-pyrrole nitrogens is 1. The first-order valence-corrected chi connectivity index (χ1v) is 7.15. The number of nitrogens with zero attached hydrogens (tertiary/aromatic N) is 1. The SMILES string of the molecule is Fc1cc2nc(C3CCCc4ccccc43)[nH]c2cc1F. The molecule has 1 atom stereocenters. The molecule has 4 heteroatoms. The van der Waals surface area contributed by atoms with Crippen molar-refractivity contribution in [3.05, 3.63) is 65.0 Å². The van der Waals surface area contributed by atoms with E-state index in [1.165, 1.54) is 17.2 Å². The summed E-state index contributed by atoms with van der Waals surface area (Å²) in [6.45, 7) is 0. The number of aromatic nitrogens is 2. The van der Waals surface area contributed by atoms with E-state index in [1.54, 1.807) is 0 Å². The van der Waals surface area contributed by atoms with E-state index in [9.17, 15) is 8.78 Å². The first-order valence-electron chi connectivity index (χ1n) is 7.15. The molecule has 0 aliphatic heterocycles. The molecule has 2 nitrogen and oxygen atoms in total. The van der Waals surface area contributed by atoms with Crippen LogP contribution in [0.2, 0.25) is 0 Å². The average Bonchev–Trinajstić information content (AvgIpc) is 2.90. The van der Waals surface area contributed by atoms with Crippen LogP contribution in [0.5, 0.6) is 0 Å². The molecule has 1 N–H and O–H groups in total. The van der Waals surface area contributed by atoms with Crippen LogP contribution >= 0.6 is 0 Å². The normalized spacial score (nSPS) is 17.9. The number of halogens is 2. The fourth-order valence-electron chi connectivity index (χ4n) is 3.23. The first kappa shape index (κ1) is 12.5. The Hall–Kier alpha value is -2.23. The van der Waals surface area contributed by atoms with Crippen LogP contribution in [0, 0.1) is 11.6 Å². The Bertz CT molecular complexity index is 784. The zero-order chi connectivity index (χ0) is 14.4. The van der Waals surface area contributed by atoms with Gasteiger partial charge < -0.3 is 4.98 Å². The zero-order valence-corrected chi connectivity index (χ0v) is 11.4. The first-order chi connectivity index (χ1) is 10.2. The molecule has 2 aromatic carbocycles. The van der Waals surface area contributed by atoms with E-state index in [0.717, 1.165) is 31.2 Å². The van der Waals surface area contributed by atoms with E-state index >= 15 is 0 Å². The van der Waals surface area contributed by atoms with Crippen LogP contribution in [0.1, 0.15) is 35.7 Å². The Balaban J connectivity index is 1.84. The minimum Gasteiger partial charge on any atom is -0.341 e. The van der Waals surface area contributed by atoms with Gasteiger partial charge in [0.2, 0.25) is 0 Å². The van der Waals surface area contributed by atoms with Crippen molar-refractivity contribution >= 4 is 11.0 Å². The summed E-state index contributed by atoms with van der Waals surface area (Å²) >= 11 is 0. The van der Waals surface area contributed by atoms with Crippen molar-refractivity contribution in [2.45, 2.75) is 25.2 Å². The standard InChI is InChI=1S/C17H14F2N2/c18-13-8-15-16(9-14(13)19)21-17(20-15)12-7-3-5-10-4-1-2-6-11(10)12/h1-2,4,6,8-9,12H,3,5,7H2,(H,20,21). The van der Waals surface area contributed by atoms with Crippen LogP contribution in [0.15, 0.2) is 36.4 Å². The van der Waals surface area contributed by atoms with Crippen molar-refractivity contribution < 1.29 is 8.78 Å². The number of benzene rings is 2. The predicted octanol–water partition coefficient (Wildman–Crippen LogP) is 4.31. The molecule has 0 amide bonds. The maximum absolute atomic E-state index is 13.3. The lowest BCUT2D eigenvalue weighted by Gasteiger charge is -2.23. The summed E-state index contributed by atoms with van der Waals surface area (Å²) in [4.78, 5) is 7.63. The molecule has 4 rings (SSSR count). The number of imidazole rings is 1. The smallest absolute Gasteiger partial charge is 0.161 e. The highest BCUT2D eigenvalue weighted by atomic mass is 19.2. The van der Waals surface area contributed by atoms with Crippen LogP contribution < -0.4 is 0 Å². The molecular formula is C17H14F2N2. The number of hydrogen-bond acceptors (Lipinski definition) is 1. The van der Waals surface area contributed by atoms with E-state index in [-0.39, 0.29) is 5.92 Å². The second-order valence-electron chi connectivity index (χ2n) is 5.55. The molecule has 1 aromatic heterocycles. The predicted molar refractivity (Wildman–Crippen MR) is 77.2 cm³/mol.